The molecule has 0 radical (unpaired) electrons. The van der Waals surface area contributed by atoms with Crippen molar-refractivity contribution < 1.29 is 4.79 Å². The van der Waals surface area contributed by atoms with Crippen LogP contribution in [0.15, 0.2) is 35.5 Å². The summed E-state index contributed by atoms with van der Waals surface area (Å²) in [5.41, 5.74) is 6.40. The summed E-state index contributed by atoms with van der Waals surface area (Å²) >= 11 is 3.23. The van der Waals surface area contributed by atoms with Crippen molar-refractivity contribution in [2.45, 2.75) is 6.54 Å². The summed E-state index contributed by atoms with van der Waals surface area (Å²) in [4.78, 5) is 19.9. The van der Waals surface area contributed by atoms with E-state index in [2.05, 4.69) is 31.2 Å². The van der Waals surface area contributed by atoms with E-state index in [9.17, 15) is 4.79 Å². The Kier molecular flexibility index (Phi) is 4.06. The van der Waals surface area contributed by atoms with Crippen molar-refractivity contribution in [1.29, 1.82) is 0 Å². The highest BCUT2D eigenvalue weighted by Gasteiger charge is 2.09. The average Bonchev–Trinajstić information content (AvgIpc) is 2.81. The predicted molar refractivity (Wildman–Crippen MR) is 71.2 cm³/mol. The van der Waals surface area contributed by atoms with Gasteiger partial charge in [-0.25, -0.2) is 9.97 Å². The molecule has 0 spiro atoms. The molecule has 2 aromatic heterocycles. The molecule has 1 amide bonds. The lowest BCUT2D eigenvalue weighted by Gasteiger charge is -2.02. The molecule has 0 aromatic carbocycles. The van der Waals surface area contributed by atoms with Gasteiger partial charge in [0.15, 0.2) is 0 Å². The summed E-state index contributed by atoms with van der Waals surface area (Å²) in [6.07, 6.45) is 4.81. The van der Waals surface area contributed by atoms with Crippen LogP contribution < -0.4 is 11.1 Å². The van der Waals surface area contributed by atoms with E-state index < -0.39 is 0 Å². The van der Waals surface area contributed by atoms with Gasteiger partial charge in [-0.3, -0.25) is 4.79 Å². The molecule has 2 aromatic rings. The molecule has 0 unspecified atom stereocenters. The summed E-state index contributed by atoms with van der Waals surface area (Å²) in [6, 6.07) is 3.51. The van der Waals surface area contributed by atoms with E-state index >= 15 is 0 Å². The fourth-order valence-electron chi connectivity index (χ4n) is 1.39. The van der Waals surface area contributed by atoms with Gasteiger partial charge >= 0.3 is 0 Å². The molecule has 6 nitrogen and oxygen atoms in total. The molecule has 3 N–H and O–H groups in total. The minimum atomic E-state index is -0.269. The zero-order valence-corrected chi connectivity index (χ0v) is 11.1. The van der Waals surface area contributed by atoms with E-state index in [0.717, 1.165) is 0 Å². The highest BCUT2D eigenvalue weighted by molar-refractivity contribution is 9.10. The topological polar surface area (TPSA) is 85.8 Å². The molecular weight excluding hydrogens is 298 g/mol. The maximum absolute atomic E-state index is 11.9. The minimum absolute atomic E-state index is 0.269. The molecule has 0 atom stereocenters. The third-order valence-electron chi connectivity index (χ3n) is 2.24. The summed E-state index contributed by atoms with van der Waals surface area (Å²) in [6.45, 7) is 1.15. The number of hydrogen-bond donors (Lipinski definition) is 2. The van der Waals surface area contributed by atoms with Gasteiger partial charge < -0.3 is 15.6 Å². The second-order valence-corrected chi connectivity index (χ2v) is 4.42. The third-order valence-corrected chi connectivity index (χ3v) is 2.71. The quantitative estimate of drug-likeness (QED) is 0.832. The number of carbonyl (C=O) groups is 1. The van der Waals surface area contributed by atoms with Gasteiger partial charge in [0.2, 0.25) is 0 Å². The van der Waals surface area contributed by atoms with Crippen molar-refractivity contribution in [3.05, 3.63) is 41.2 Å². The number of halogens is 1. The Morgan fingerprint density at radius 1 is 1.44 bits per heavy atom. The van der Waals surface area contributed by atoms with Crippen LogP contribution in [0.3, 0.4) is 0 Å². The average molecular weight is 310 g/mol. The van der Waals surface area contributed by atoms with Crippen molar-refractivity contribution in [1.82, 2.24) is 14.5 Å². The SMILES string of the molecule is NCCn1cnc(C(=O)Nc2ccc(Br)nc2)c1. The zero-order chi connectivity index (χ0) is 13.0. The zero-order valence-electron chi connectivity index (χ0n) is 9.51. The van der Waals surface area contributed by atoms with Crippen molar-refractivity contribution >= 4 is 27.5 Å². The second kappa shape index (κ2) is 5.74. The number of nitrogens with one attached hydrogen (secondary N) is 1. The fraction of sp³-hybridized carbons (Fsp3) is 0.182. The number of anilines is 1. The lowest BCUT2D eigenvalue weighted by atomic mass is 10.4. The first kappa shape index (κ1) is 12.7. The maximum Gasteiger partial charge on any atom is 0.275 e. The Balaban J connectivity index is 2.04. The molecular formula is C11H12BrN5O. The number of carbonyl (C=O) groups excluding carboxylic acids is 1. The molecule has 94 valence electrons. The summed E-state index contributed by atoms with van der Waals surface area (Å²) in [5, 5.41) is 2.71. The normalized spacial score (nSPS) is 10.3. The van der Waals surface area contributed by atoms with Crippen LogP contribution in [-0.4, -0.2) is 27.0 Å². The molecule has 7 heteroatoms. The predicted octanol–water partition coefficient (Wildman–Crippen LogP) is 1.25. The Labute approximate surface area is 112 Å². The van der Waals surface area contributed by atoms with Gasteiger partial charge in [0, 0.05) is 19.3 Å². The van der Waals surface area contributed by atoms with Crippen LogP contribution in [0.2, 0.25) is 0 Å². The number of nitrogens with two attached hydrogens (primary N) is 1. The lowest BCUT2D eigenvalue weighted by molar-refractivity contribution is 0.102. The smallest absolute Gasteiger partial charge is 0.275 e. The van der Waals surface area contributed by atoms with Crippen molar-refractivity contribution in [2.24, 2.45) is 5.73 Å². The summed E-state index contributed by atoms with van der Waals surface area (Å²) < 4.78 is 2.49. The lowest BCUT2D eigenvalue weighted by Crippen LogP contribution is -2.13. The van der Waals surface area contributed by atoms with Gasteiger partial charge in [-0.05, 0) is 28.1 Å². The second-order valence-electron chi connectivity index (χ2n) is 3.61. The standard InChI is InChI=1S/C11H12BrN5O/c12-10-2-1-8(5-14-10)16-11(18)9-6-17(4-3-13)7-15-9/h1-2,5-7H,3-4,13H2,(H,16,18). The number of pyridine rings is 1. The van der Waals surface area contributed by atoms with E-state index in [-0.39, 0.29) is 5.91 Å². The monoisotopic (exact) mass is 309 g/mol. The van der Waals surface area contributed by atoms with Gasteiger partial charge in [0.05, 0.1) is 18.2 Å². The molecule has 0 aliphatic heterocycles. The Morgan fingerprint density at radius 2 is 2.28 bits per heavy atom. The molecule has 0 saturated carbocycles. The van der Waals surface area contributed by atoms with Crippen LogP contribution in [0.4, 0.5) is 5.69 Å². The Morgan fingerprint density at radius 3 is 2.94 bits per heavy atom. The van der Waals surface area contributed by atoms with Gasteiger partial charge in [0.1, 0.15) is 10.3 Å². The Bertz CT molecular complexity index is 537. The van der Waals surface area contributed by atoms with E-state index in [4.69, 9.17) is 5.73 Å². The van der Waals surface area contributed by atoms with E-state index in [1.54, 1.807) is 35.4 Å². The molecule has 0 aliphatic carbocycles. The first-order valence-corrected chi connectivity index (χ1v) is 6.13. The number of hydrogen-bond acceptors (Lipinski definition) is 4. The van der Waals surface area contributed by atoms with Crippen LogP contribution in [0.5, 0.6) is 0 Å². The van der Waals surface area contributed by atoms with Crippen molar-refractivity contribution in [3.63, 3.8) is 0 Å². The summed E-state index contributed by atoms with van der Waals surface area (Å²) in [5.74, 6) is -0.269. The first-order chi connectivity index (χ1) is 8.69. The van der Waals surface area contributed by atoms with E-state index in [1.807, 2.05) is 0 Å². The van der Waals surface area contributed by atoms with Gasteiger partial charge in [-0.1, -0.05) is 0 Å². The molecule has 0 aliphatic rings. The molecule has 0 bridgehead atoms. The Hall–Kier alpha value is -1.73. The molecule has 2 rings (SSSR count). The van der Waals surface area contributed by atoms with Crippen LogP contribution >= 0.6 is 15.9 Å². The van der Waals surface area contributed by atoms with Crippen LogP contribution in [0, 0.1) is 0 Å². The largest absolute Gasteiger partial charge is 0.335 e. The summed E-state index contributed by atoms with van der Waals surface area (Å²) in [7, 11) is 0. The van der Waals surface area contributed by atoms with E-state index in [0.29, 0.717) is 29.1 Å². The number of imidazole rings is 1. The molecule has 18 heavy (non-hydrogen) atoms. The van der Waals surface area contributed by atoms with Crippen LogP contribution in [0.1, 0.15) is 10.5 Å². The maximum atomic E-state index is 11.9. The van der Waals surface area contributed by atoms with Gasteiger partial charge in [0.25, 0.3) is 5.91 Å². The third kappa shape index (κ3) is 3.14. The minimum Gasteiger partial charge on any atom is -0.335 e. The number of rotatable bonds is 4. The van der Waals surface area contributed by atoms with Crippen molar-refractivity contribution in [2.75, 3.05) is 11.9 Å². The first-order valence-electron chi connectivity index (χ1n) is 5.34. The van der Waals surface area contributed by atoms with Crippen LogP contribution in [-0.2, 0) is 6.54 Å². The highest BCUT2D eigenvalue weighted by Crippen LogP contribution is 2.11. The van der Waals surface area contributed by atoms with Crippen molar-refractivity contribution in [3.8, 4) is 0 Å². The highest BCUT2D eigenvalue weighted by atomic mass is 79.9. The number of aromatic nitrogens is 3. The van der Waals surface area contributed by atoms with Gasteiger partial charge in [-0.15, -0.1) is 0 Å². The molecule has 2 heterocycles. The molecule has 0 saturated heterocycles. The van der Waals surface area contributed by atoms with Gasteiger partial charge in [-0.2, -0.15) is 0 Å². The number of nitrogens with zero attached hydrogens (tertiary/aromatic N) is 3. The number of amides is 1. The van der Waals surface area contributed by atoms with E-state index in [1.165, 1.54) is 0 Å². The fourth-order valence-corrected chi connectivity index (χ4v) is 1.63. The molecule has 0 fully saturated rings. The van der Waals surface area contributed by atoms with Crippen LogP contribution in [0.25, 0.3) is 0 Å².